The molecule has 1 aromatic carbocycles. The van der Waals surface area contributed by atoms with Crippen molar-refractivity contribution in [2.24, 2.45) is 5.41 Å². The molecule has 0 bridgehead atoms. The van der Waals surface area contributed by atoms with Crippen LogP contribution in [-0.2, 0) is 20.7 Å². The minimum absolute atomic E-state index is 0.155. The van der Waals surface area contributed by atoms with Crippen molar-refractivity contribution in [2.45, 2.75) is 31.7 Å². The molecular weight excluding hydrogens is 333 g/mol. The molecule has 1 aliphatic rings. The number of rotatable bonds is 5. The van der Waals surface area contributed by atoms with Crippen LogP contribution < -0.4 is 4.74 Å². The maximum Gasteiger partial charge on any atom is 0.534 e. The minimum atomic E-state index is -5.65. The highest BCUT2D eigenvalue weighted by atomic mass is 32.2. The summed E-state index contributed by atoms with van der Waals surface area (Å²) in [7, 11) is -4.14. The molecule has 2 rings (SSSR count). The van der Waals surface area contributed by atoms with E-state index < -0.39 is 21.0 Å². The van der Waals surface area contributed by atoms with Crippen LogP contribution in [0.5, 0.6) is 5.75 Å². The molecule has 0 aromatic heterocycles. The van der Waals surface area contributed by atoms with Crippen LogP contribution in [-0.4, -0.2) is 21.0 Å². The predicted molar refractivity (Wildman–Crippen MR) is 78.2 cm³/mol. The van der Waals surface area contributed by atoms with E-state index in [9.17, 15) is 21.6 Å². The summed E-state index contributed by atoms with van der Waals surface area (Å²) < 4.78 is 69.5. The molecule has 1 unspecified atom stereocenters. The second kappa shape index (κ2) is 6.07. The first-order valence-electron chi connectivity index (χ1n) is 6.92. The fourth-order valence-corrected chi connectivity index (χ4v) is 3.20. The predicted octanol–water partition coefficient (Wildman–Crippen LogP) is 3.79. The highest BCUT2D eigenvalue weighted by Crippen LogP contribution is 2.44. The lowest BCUT2D eigenvalue weighted by Crippen LogP contribution is -2.29. The van der Waals surface area contributed by atoms with Gasteiger partial charge in [-0.3, -0.25) is 0 Å². The van der Waals surface area contributed by atoms with E-state index in [-0.39, 0.29) is 5.76 Å². The Hall–Kier alpha value is -1.70. The molecule has 0 saturated heterocycles. The summed E-state index contributed by atoms with van der Waals surface area (Å²) in [6.07, 6.45) is 2.73. The Morgan fingerprint density at radius 2 is 2.00 bits per heavy atom. The van der Waals surface area contributed by atoms with Gasteiger partial charge < -0.3 is 8.92 Å². The molecule has 0 amide bonds. The van der Waals surface area contributed by atoms with Crippen LogP contribution in [0.25, 0.3) is 0 Å². The fraction of sp³-hybridized carbons (Fsp3) is 0.467. The molecule has 0 spiro atoms. The molecule has 1 aliphatic carbocycles. The monoisotopic (exact) mass is 350 g/mol. The minimum Gasteiger partial charge on any atom is -0.497 e. The summed E-state index contributed by atoms with van der Waals surface area (Å²) in [6.45, 7) is 1.69. The summed E-state index contributed by atoms with van der Waals surface area (Å²) in [6, 6.07) is 7.09. The summed E-state index contributed by atoms with van der Waals surface area (Å²) in [5.41, 5.74) is -5.43. The lowest BCUT2D eigenvalue weighted by atomic mass is 9.82. The van der Waals surface area contributed by atoms with Crippen molar-refractivity contribution >= 4 is 10.1 Å². The molecule has 0 saturated carbocycles. The fourth-order valence-electron chi connectivity index (χ4n) is 2.60. The van der Waals surface area contributed by atoms with Gasteiger partial charge in [0.1, 0.15) is 11.5 Å². The van der Waals surface area contributed by atoms with E-state index in [1.165, 1.54) is 13.2 Å². The number of benzene rings is 1. The van der Waals surface area contributed by atoms with Crippen LogP contribution in [0.3, 0.4) is 0 Å². The maximum atomic E-state index is 12.5. The van der Waals surface area contributed by atoms with Gasteiger partial charge in [-0.2, -0.15) is 21.6 Å². The number of hydrogen-bond acceptors (Lipinski definition) is 4. The van der Waals surface area contributed by atoms with Crippen LogP contribution >= 0.6 is 0 Å². The summed E-state index contributed by atoms with van der Waals surface area (Å²) in [4.78, 5) is 0. The molecule has 128 valence electrons. The summed E-state index contributed by atoms with van der Waals surface area (Å²) >= 11 is 0. The van der Waals surface area contributed by atoms with Crippen molar-refractivity contribution in [2.75, 3.05) is 7.11 Å². The van der Waals surface area contributed by atoms with Crippen molar-refractivity contribution in [3.63, 3.8) is 0 Å². The number of alkyl halides is 3. The van der Waals surface area contributed by atoms with Gasteiger partial charge in [0.05, 0.1) is 7.11 Å². The zero-order chi connectivity index (χ0) is 17.3. The van der Waals surface area contributed by atoms with Crippen LogP contribution in [0.15, 0.2) is 36.1 Å². The van der Waals surface area contributed by atoms with Gasteiger partial charge >= 0.3 is 15.6 Å². The average Bonchev–Trinajstić information content (AvgIpc) is 2.78. The van der Waals surface area contributed by atoms with Gasteiger partial charge in [0.2, 0.25) is 0 Å². The van der Waals surface area contributed by atoms with Crippen molar-refractivity contribution in [3.8, 4) is 5.75 Å². The number of allylic oxidation sites excluding steroid dienone is 2. The second-order valence-electron chi connectivity index (χ2n) is 5.68. The molecule has 0 fully saturated rings. The van der Waals surface area contributed by atoms with E-state index in [0.29, 0.717) is 25.0 Å². The van der Waals surface area contributed by atoms with Gasteiger partial charge in [-0.25, -0.2) is 0 Å². The first-order chi connectivity index (χ1) is 10.6. The van der Waals surface area contributed by atoms with E-state index in [2.05, 4.69) is 4.18 Å². The highest BCUT2D eigenvalue weighted by molar-refractivity contribution is 7.87. The molecule has 0 heterocycles. The zero-order valence-electron chi connectivity index (χ0n) is 12.7. The van der Waals surface area contributed by atoms with Crippen LogP contribution in [0, 0.1) is 5.41 Å². The smallest absolute Gasteiger partial charge is 0.497 e. The number of ether oxygens (including phenoxy) is 1. The lowest BCUT2D eigenvalue weighted by Gasteiger charge is -2.27. The molecule has 0 aliphatic heterocycles. The SMILES string of the molecule is COc1cccc(CC2(C)CCC=C2OS(=O)(=O)C(F)(F)F)c1. The summed E-state index contributed by atoms with van der Waals surface area (Å²) in [5, 5.41) is 0. The topological polar surface area (TPSA) is 52.6 Å². The van der Waals surface area contributed by atoms with Gasteiger partial charge in [-0.15, -0.1) is 0 Å². The van der Waals surface area contributed by atoms with Crippen molar-refractivity contribution in [1.29, 1.82) is 0 Å². The van der Waals surface area contributed by atoms with E-state index in [1.807, 2.05) is 6.07 Å². The Morgan fingerprint density at radius 3 is 2.61 bits per heavy atom. The first kappa shape index (κ1) is 17.7. The summed E-state index contributed by atoms with van der Waals surface area (Å²) in [5.74, 6) is 0.469. The lowest BCUT2D eigenvalue weighted by molar-refractivity contribution is -0.0531. The molecule has 4 nitrogen and oxygen atoms in total. The van der Waals surface area contributed by atoms with Gasteiger partial charge in [-0.1, -0.05) is 19.1 Å². The Kier molecular flexibility index (Phi) is 4.66. The third-order valence-corrected chi connectivity index (χ3v) is 4.80. The average molecular weight is 350 g/mol. The maximum absolute atomic E-state index is 12.5. The molecule has 1 aromatic rings. The molecule has 0 radical (unpaired) electrons. The molecule has 0 N–H and O–H groups in total. The van der Waals surface area contributed by atoms with E-state index >= 15 is 0 Å². The van der Waals surface area contributed by atoms with Gasteiger partial charge in [0, 0.05) is 5.41 Å². The van der Waals surface area contributed by atoms with Gasteiger partial charge in [0.25, 0.3) is 0 Å². The Balaban J connectivity index is 2.22. The van der Waals surface area contributed by atoms with Crippen LogP contribution in [0.4, 0.5) is 13.2 Å². The Morgan fingerprint density at radius 1 is 1.30 bits per heavy atom. The standard InChI is InChI=1S/C15H17F3O4S/c1-14(10-11-5-3-6-12(9-11)21-2)8-4-7-13(14)22-23(19,20)15(16,17)18/h3,5-7,9H,4,8,10H2,1-2H3. The normalized spacial score (nSPS) is 21.9. The van der Waals surface area contributed by atoms with Crippen molar-refractivity contribution in [3.05, 3.63) is 41.7 Å². The number of methoxy groups -OCH3 is 1. The zero-order valence-corrected chi connectivity index (χ0v) is 13.5. The van der Waals surface area contributed by atoms with Crippen LogP contribution in [0.2, 0.25) is 0 Å². The third kappa shape index (κ3) is 3.80. The van der Waals surface area contributed by atoms with E-state index in [0.717, 1.165) is 5.56 Å². The molecule has 1 atom stereocenters. The third-order valence-electron chi connectivity index (χ3n) is 3.83. The Labute approximate surface area is 133 Å². The largest absolute Gasteiger partial charge is 0.534 e. The molecule has 23 heavy (non-hydrogen) atoms. The van der Waals surface area contributed by atoms with Crippen molar-refractivity contribution < 1.29 is 30.5 Å². The van der Waals surface area contributed by atoms with Gasteiger partial charge in [-0.05, 0) is 43.0 Å². The quantitative estimate of drug-likeness (QED) is 0.599. The first-order valence-corrected chi connectivity index (χ1v) is 8.32. The van der Waals surface area contributed by atoms with Crippen LogP contribution in [0.1, 0.15) is 25.3 Å². The van der Waals surface area contributed by atoms with E-state index in [1.54, 1.807) is 25.1 Å². The van der Waals surface area contributed by atoms with Gasteiger partial charge in [0.15, 0.2) is 0 Å². The second-order valence-corrected chi connectivity index (χ2v) is 7.22. The Bertz CT molecular complexity index is 710. The van der Waals surface area contributed by atoms with Crippen molar-refractivity contribution in [1.82, 2.24) is 0 Å². The molecule has 8 heteroatoms. The number of halogens is 3. The number of hydrogen-bond donors (Lipinski definition) is 0. The van der Waals surface area contributed by atoms with E-state index in [4.69, 9.17) is 4.74 Å². The highest BCUT2D eigenvalue weighted by Gasteiger charge is 2.51. The molecular formula is C15H17F3O4S.